The fourth-order valence-electron chi connectivity index (χ4n) is 2.58. The largest absolute Gasteiger partial charge is 0.325 e. The molecule has 0 saturated carbocycles. The number of aromatic nitrogens is 2. The first-order valence-electron chi connectivity index (χ1n) is 8.16. The number of nitrogens with zero attached hydrogens (tertiary/aromatic N) is 1. The van der Waals surface area contributed by atoms with Crippen molar-refractivity contribution in [1.29, 1.82) is 0 Å². The molecule has 0 aliphatic heterocycles. The highest BCUT2D eigenvalue weighted by molar-refractivity contribution is 7.71. The Morgan fingerprint density at radius 3 is 2.60 bits per heavy atom. The topological polar surface area (TPSA) is 66.9 Å². The normalized spacial score (nSPS) is 11.0. The lowest BCUT2D eigenvalue weighted by molar-refractivity contribution is -0.116. The van der Waals surface area contributed by atoms with Crippen LogP contribution in [0.15, 0.2) is 35.1 Å². The zero-order valence-corrected chi connectivity index (χ0v) is 15.7. The molecule has 0 atom stereocenters. The molecule has 2 N–H and O–H groups in total. The van der Waals surface area contributed by atoms with Crippen molar-refractivity contribution in [3.05, 3.63) is 55.9 Å². The van der Waals surface area contributed by atoms with E-state index in [-0.39, 0.29) is 22.8 Å². The van der Waals surface area contributed by atoms with Crippen LogP contribution in [0.1, 0.15) is 24.3 Å². The Morgan fingerprint density at radius 2 is 1.96 bits per heavy atom. The number of anilines is 1. The van der Waals surface area contributed by atoms with Gasteiger partial charge < -0.3 is 10.3 Å². The quantitative estimate of drug-likeness (QED) is 0.667. The first-order chi connectivity index (χ1) is 12.0. The van der Waals surface area contributed by atoms with Gasteiger partial charge >= 0.3 is 0 Å². The van der Waals surface area contributed by atoms with Gasteiger partial charge in [0.1, 0.15) is 11.4 Å². The van der Waals surface area contributed by atoms with Gasteiger partial charge in [-0.25, -0.2) is 0 Å². The summed E-state index contributed by atoms with van der Waals surface area (Å²) in [5.74, 6) is -0.281. The molecule has 0 saturated heterocycles. The number of hydrogen-bond donors (Lipinski definition) is 2. The number of thiophene rings is 1. The van der Waals surface area contributed by atoms with E-state index in [2.05, 4.69) is 17.2 Å². The van der Waals surface area contributed by atoms with E-state index < -0.39 is 0 Å². The standard InChI is InChI=1S/C18H19N3O2S2/c1-3-11-5-7-12(8-6-11)19-15(22)10-21-17(23)14-9-13(4-2)25-16(14)20-18(21)24/h5-9H,3-4,10H2,1-2H3,(H,19,22)(H,20,24). The molecule has 1 amide bonds. The van der Waals surface area contributed by atoms with E-state index in [1.807, 2.05) is 37.3 Å². The molecule has 0 aliphatic rings. The van der Waals surface area contributed by atoms with Crippen molar-refractivity contribution < 1.29 is 4.79 Å². The summed E-state index contributed by atoms with van der Waals surface area (Å²) in [5.41, 5.74) is 1.67. The summed E-state index contributed by atoms with van der Waals surface area (Å²) < 4.78 is 1.57. The fourth-order valence-corrected chi connectivity index (χ4v) is 3.88. The van der Waals surface area contributed by atoms with Gasteiger partial charge in [0, 0.05) is 10.6 Å². The third-order valence-electron chi connectivity index (χ3n) is 4.02. The third kappa shape index (κ3) is 3.72. The maximum atomic E-state index is 12.7. The predicted octanol–water partition coefficient (Wildman–Crippen LogP) is 3.88. The monoisotopic (exact) mass is 373 g/mol. The van der Waals surface area contributed by atoms with Crippen molar-refractivity contribution in [3.63, 3.8) is 0 Å². The number of carbonyl (C=O) groups excluding carboxylic acids is 1. The molecule has 0 unspecified atom stereocenters. The highest BCUT2D eigenvalue weighted by Gasteiger charge is 2.12. The van der Waals surface area contributed by atoms with Crippen molar-refractivity contribution in [3.8, 4) is 0 Å². The Hall–Kier alpha value is -2.25. The van der Waals surface area contributed by atoms with Gasteiger partial charge in [0.05, 0.1) is 5.39 Å². The van der Waals surface area contributed by atoms with E-state index >= 15 is 0 Å². The molecule has 0 fully saturated rings. The number of aromatic amines is 1. The molecule has 5 nitrogen and oxygen atoms in total. The molecule has 0 aliphatic carbocycles. The van der Waals surface area contributed by atoms with Crippen LogP contribution in [0.25, 0.3) is 10.2 Å². The van der Waals surface area contributed by atoms with Crippen LogP contribution in [-0.4, -0.2) is 15.5 Å². The van der Waals surface area contributed by atoms with E-state index in [1.54, 1.807) is 0 Å². The Bertz CT molecular complexity index is 1030. The number of H-pyrrole nitrogens is 1. The Morgan fingerprint density at radius 1 is 1.24 bits per heavy atom. The third-order valence-corrected chi connectivity index (χ3v) is 5.54. The Kier molecular flexibility index (Phi) is 5.15. The number of aryl methyl sites for hydroxylation is 2. The van der Waals surface area contributed by atoms with Crippen molar-refractivity contribution in [2.24, 2.45) is 0 Å². The second-order valence-corrected chi connectivity index (χ2v) is 7.25. The maximum absolute atomic E-state index is 12.7. The van der Waals surface area contributed by atoms with Crippen molar-refractivity contribution in [2.75, 3.05) is 5.32 Å². The highest BCUT2D eigenvalue weighted by atomic mass is 32.1. The second-order valence-electron chi connectivity index (χ2n) is 5.73. The zero-order chi connectivity index (χ0) is 18.0. The van der Waals surface area contributed by atoms with Gasteiger partial charge in [0.2, 0.25) is 5.91 Å². The van der Waals surface area contributed by atoms with Crippen molar-refractivity contribution >= 4 is 45.4 Å². The average molecular weight is 374 g/mol. The van der Waals surface area contributed by atoms with E-state index in [0.717, 1.165) is 22.5 Å². The van der Waals surface area contributed by atoms with Gasteiger partial charge in [-0.15, -0.1) is 11.3 Å². The van der Waals surface area contributed by atoms with Gasteiger partial charge in [0.15, 0.2) is 4.77 Å². The maximum Gasteiger partial charge on any atom is 0.263 e. The van der Waals surface area contributed by atoms with Crippen LogP contribution in [0.3, 0.4) is 0 Å². The van der Waals surface area contributed by atoms with Crippen LogP contribution >= 0.6 is 23.6 Å². The predicted molar refractivity (Wildman–Crippen MR) is 105 cm³/mol. The first-order valence-corrected chi connectivity index (χ1v) is 9.38. The lowest BCUT2D eigenvalue weighted by Crippen LogP contribution is -2.28. The minimum atomic E-state index is -0.281. The van der Waals surface area contributed by atoms with E-state index in [4.69, 9.17) is 12.2 Å². The van der Waals surface area contributed by atoms with Gasteiger partial charge in [0.25, 0.3) is 5.56 Å². The van der Waals surface area contributed by atoms with Crippen LogP contribution in [0.2, 0.25) is 0 Å². The molecule has 1 aromatic carbocycles. The second kappa shape index (κ2) is 7.33. The minimum Gasteiger partial charge on any atom is -0.325 e. The smallest absolute Gasteiger partial charge is 0.263 e. The summed E-state index contributed by atoms with van der Waals surface area (Å²) >= 11 is 6.79. The van der Waals surface area contributed by atoms with Crippen LogP contribution in [0.5, 0.6) is 0 Å². The minimum absolute atomic E-state index is 0.114. The van der Waals surface area contributed by atoms with Crippen molar-refractivity contribution in [2.45, 2.75) is 33.2 Å². The summed E-state index contributed by atoms with van der Waals surface area (Å²) in [4.78, 5) is 29.9. The summed E-state index contributed by atoms with van der Waals surface area (Å²) in [6.07, 6.45) is 1.80. The van der Waals surface area contributed by atoms with Crippen LogP contribution in [0.4, 0.5) is 5.69 Å². The first kappa shape index (κ1) is 17.6. The fraction of sp³-hybridized carbons (Fsp3) is 0.278. The molecule has 7 heteroatoms. The zero-order valence-electron chi connectivity index (χ0n) is 14.1. The lowest BCUT2D eigenvalue weighted by atomic mass is 10.1. The number of rotatable bonds is 5. The number of amides is 1. The molecule has 2 heterocycles. The molecule has 3 rings (SSSR count). The lowest BCUT2D eigenvalue weighted by Gasteiger charge is -2.08. The number of hydrogen-bond acceptors (Lipinski definition) is 4. The molecular weight excluding hydrogens is 354 g/mol. The molecule has 0 bridgehead atoms. The average Bonchev–Trinajstić information content (AvgIpc) is 3.02. The van der Waals surface area contributed by atoms with Gasteiger partial charge in [-0.1, -0.05) is 26.0 Å². The van der Waals surface area contributed by atoms with Gasteiger partial charge in [-0.3, -0.25) is 14.2 Å². The van der Waals surface area contributed by atoms with E-state index in [0.29, 0.717) is 11.1 Å². The summed E-state index contributed by atoms with van der Waals surface area (Å²) in [7, 11) is 0. The van der Waals surface area contributed by atoms with Crippen LogP contribution in [-0.2, 0) is 24.2 Å². The molecule has 0 spiro atoms. The molecule has 2 aromatic heterocycles. The summed E-state index contributed by atoms with van der Waals surface area (Å²) in [6, 6.07) is 9.52. The summed E-state index contributed by atoms with van der Waals surface area (Å²) in [5, 5.41) is 3.38. The van der Waals surface area contributed by atoms with Crippen molar-refractivity contribution in [1.82, 2.24) is 9.55 Å². The molecular formula is C18H19N3O2S2. The highest BCUT2D eigenvalue weighted by Crippen LogP contribution is 2.21. The van der Waals surface area contributed by atoms with E-state index in [1.165, 1.54) is 21.5 Å². The number of nitrogens with one attached hydrogen (secondary N) is 2. The van der Waals surface area contributed by atoms with Gasteiger partial charge in [-0.05, 0) is 48.8 Å². The van der Waals surface area contributed by atoms with Gasteiger partial charge in [-0.2, -0.15) is 0 Å². The number of fused-ring (bicyclic) bond motifs is 1. The van der Waals surface area contributed by atoms with E-state index in [9.17, 15) is 9.59 Å². The Balaban J connectivity index is 1.85. The molecule has 0 radical (unpaired) electrons. The molecule has 3 aromatic rings. The summed E-state index contributed by atoms with van der Waals surface area (Å²) in [6.45, 7) is 4.00. The number of benzene rings is 1. The number of carbonyl (C=O) groups is 1. The van der Waals surface area contributed by atoms with Crippen LogP contribution < -0.4 is 10.9 Å². The molecule has 25 heavy (non-hydrogen) atoms. The van der Waals surface area contributed by atoms with Crippen LogP contribution in [0, 0.1) is 4.77 Å². The Labute approximate surface area is 154 Å². The molecule has 130 valence electrons. The SMILES string of the molecule is CCc1ccc(NC(=O)Cn2c(=S)[nH]c3sc(CC)cc3c2=O)cc1.